The smallest absolute Gasteiger partial charge is 0.423 e. The lowest BCUT2D eigenvalue weighted by Crippen LogP contribution is -2.30. The van der Waals surface area contributed by atoms with Gasteiger partial charge in [-0.3, -0.25) is 4.72 Å². The van der Waals surface area contributed by atoms with Crippen molar-refractivity contribution in [3.05, 3.63) is 52.0 Å². The second-order valence-corrected chi connectivity index (χ2v) is 9.44. The summed E-state index contributed by atoms with van der Waals surface area (Å²) in [4.78, 5) is 4.22. The van der Waals surface area contributed by atoms with Gasteiger partial charge in [-0.15, -0.1) is 11.3 Å². The van der Waals surface area contributed by atoms with Gasteiger partial charge >= 0.3 is 13.3 Å². The van der Waals surface area contributed by atoms with Gasteiger partial charge in [-0.1, -0.05) is 24.3 Å². The summed E-state index contributed by atoms with van der Waals surface area (Å²) in [5.74, 6) is -0.447. The molecule has 0 aliphatic carbocycles. The predicted octanol–water partition coefficient (Wildman–Crippen LogP) is 2.55. The Labute approximate surface area is 169 Å². The normalized spacial score (nSPS) is 12.4. The highest BCUT2D eigenvalue weighted by molar-refractivity contribution is 7.92. The Morgan fingerprint density at radius 1 is 1.21 bits per heavy atom. The molecule has 29 heavy (non-hydrogen) atoms. The molecule has 3 N–H and O–H groups in total. The van der Waals surface area contributed by atoms with Crippen molar-refractivity contribution in [3.63, 3.8) is 0 Å². The molecule has 0 amide bonds. The number of anilines is 1. The summed E-state index contributed by atoms with van der Waals surface area (Å²) in [6.07, 6.45) is -4.60. The number of hydrogen-bond donors (Lipinski definition) is 3. The zero-order chi connectivity index (χ0) is 21.6. The van der Waals surface area contributed by atoms with Crippen LogP contribution >= 0.6 is 11.3 Å². The molecular weight excluding hydrogens is 428 g/mol. The minimum absolute atomic E-state index is 0.0953. The van der Waals surface area contributed by atoms with Gasteiger partial charge in [-0.2, -0.15) is 13.2 Å². The van der Waals surface area contributed by atoms with E-state index in [4.69, 9.17) is 0 Å². The Morgan fingerprint density at radius 3 is 2.52 bits per heavy atom. The Bertz CT molecular complexity index is 1180. The van der Waals surface area contributed by atoms with Crippen molar-refractivity contribution in [2.24, 2.45) is 0 Å². The zero-order valence-corrected chi connectivity index (χ0v) is 16.9. The van der Waals surface area contributed by atoms with Gasteiger partial charge in [0.05, 0.1) is 11.4 Å². The highest BCUT2D eigenvalue weighted by Gasteiger charge is 2.34. The quantitative estimate of drug-likeness (QED) is 0.526. The summed E-state index contributed by atoms with van der Waals surface area (Å²) >= 11 is 0.972. The van der Waals surface area contributed by atoms with E-state index in [9.17, 15) is 31.6 Å². The van der Waals surface area contributed by atoms with Crippen LogP contribution in [0.1, 0.15) is 21.7 Å². The number of alkyl halides is 3. The number of rotatable bonds is 5. The molecule has 12 heteroatoms. The maximum Gasteiger partial charge on any atom is 0.488 e. The third-order valence-corrected chi connectivity index (χ3v) is 6.42. The van der Waals surface area contributed by atoms with Gasteiger partial charge in [0.25, 0.3) is 0 Å². The number of aryl methyl sites for hydroxylation is 2. The van der Waals surface area contributed by atoms with Crippen molar-refractivity contribution in [2.75, 3.05) is 4.72 Å². The third-order valence-electron chi connectivity index (χ3n) is 4.19. The van der Waals surface area contributed by atoms with Crippen molar-refractivity contribution in [2.45, 2.75) is 25.8 Å². The lowest BCUT2D eigenvalue weighted by molar-refractivity contribution is -0.141. The number of sulfonamides is 1. The standard InChI is InChI=1S/C17H16BF3N2O4S2/c1-9-6-13(17(19,20)21)22-16-14(9)15(10(2)28-16)23-29(26,27)8-11-4-3-5-12(7-11)18(24)25/h3-7,23-25H,8H2,1-2H3. The second kappa shape index (κ2) is 7.60. The fourth-order valence-corrected chi connectivity index (χ4v) is 5.29. The first-order valence-electron chi connectivity index (χ1n) is 8.31. The fourth-order valence-electron chi connectivity index (χ4n) is 2.92. The van der Waals surface area contributed by atoms with E-state index in [1.807, 2.05) is 0 Å². The van der Waals surface area contributed by atoms with E-state index in [1.54, 1.807) is 6.92 Å². The first kappa shape index (κ1) is 21.6. The van der Waals surface area contributed by atoms with Crippen LogP contribution in [0, 0.1) is 13.8 Å². The lowest BCUT2D eigenvalue weighted by Gasteiger charge is -2.11. The van der Waals surface area contributed by atoms with E-state index in [2.05, 4.69) is 9.71 Å². The predicted molar refractivity (Wildman–Crippen MR) is 107 cm³/mol. The van der Waals surface area contributed by atoms with Crippen LogP contribution in [-0.2, 0) is 22.0 Å². The van der Waals surface area contributed by atoms with Gasteiger partial charge in [-0.25, -0.2) is 13.4 Å². The van der Waals surface area contributed by atoms with E-state index >= 15 is 0 Å². The minimum atomic E-state index is -4.60. The van der Waals surface area contributed by atoms with Crippen molar-refractivity contribution in [1.29, 1.82) is 0 Å². The van der Waals surface area contributed by atoms with Crippen LogP contribution < -0.4 is 10.2 Å². The number of nitrogens with zero attached hydrogens (tertiary/aromatic N) is 1. The van der Waals surface area contributed by atoms with E-state index in [0.717, 1.165) is 17.4 Å². The Kier molecular flexibility index (Phi) is 5.65. The molecule has 154 valence electrons. The van der Waals surface area contributed by atoms with Crippen LogP contribution in [0.15, 0.2) is 30.3 Å². The molecule has 6 nitrogen and oxygen atoms in total. The summed E-state index contributed by atoms with van der Waals surface area (Å²) in [7, 11) is -5.66. The molecule has 0 unspecified atom stereocenters. The first-order chi connectivity index (χ1) is 13.4. The molecule has 0 radical (unpaired) electrons. The van der Waals surface area contributed by atoms with Gasteiger partial charge in [-0.05, 0) is 36.5 Å². The Morgan fingerprint density at radius 2 is 1.90 bits per heavy atom. The zero-order valence-electron chi connectivity index (χ0n) is 15.3. The molecule has 0 saturated heterocycles. The third kappa shape index (κ3) is 4.72. The fraction of sp³-hybridized carbons (Fsp3) is 0.235. The number of benzene rings is 1. The van der Waals surface area contributed by atoms with Crippen LogP contribution in [-0.4, -0.2) is 30.6 Å². The van der Waals surface area contributed by atoms with E-state index in [1.165, 1.54) is 31.2 Å². The van der Waals surface area contributed by atoms with Crippen molar-refractivity contribution < 1.29 is 31.6 Å². The molecule has 3 rings (SSSR count). The largest absolute Gasteiger partial charge is 0.488 e. The highest BCUT2D eigenvalue weighted by atomic mass is 32.2. The highest BCUT2D eigenvalue weighted by Crippen LogP contribution is 2.39. The monoisotopic (exact) mass is 444 g/mol. The average molecular weight is 444 g/mol. The molecule has 0 bridgehead atoms. The number of fused-ring (bicyclic) bond motifs is 1. The van der Waals surface area contributed by atoms with Crippen LogP contribution in [0.25, 0.3) is 10.2 Å². The van der Waals surface area contributed by atoms with Crippen molar-refractivity contribution in [3.8, 4) is 0 Å². The molecule has 0 spiro atoms. The number of pyridine rings is 1. The maximum atomic E-state index is 13.0. The van der Waals surface area contributed by atoms with Crippen LogP contribution in [0.5, 0.6) is 0 Å². The molecule has 0 saturated carbocycles. The summed E-state index contributed by atoms with van der Waals surface area (Å²) in [6.45, 7) is 3.06. The molecule has 0 aliphatic rings. The van der Waals surface area contributed by atoms with Crippen LogP contribution in [0.4, 0.5) is 18.9 Å². The molecule has 0 aliphatic heterocycles. The van der Waals surface area contributed by atoms with Gasteiger partial charge in [0, 0.05) is 10.3 Å². The second-order valence-electron chi connectivity index (χ2n) is 6.52. The van der Waals surface area contributed by atoms with Gasteiger partial charge in [0.15, 0.2) is 0 Å². The van der Waals surface area contributed by atoms with Crippen LogP contribution in [0.3, 0.4) is 0 Å². The summed E-state index contributed by atoms with van der Waals surface area (Å²) < 4.78 is 66.7. The maximum absolute atomic E-state index is 13.0. The summed E-state index contributed by atoms with van der Waals surface area (Å²) in [6, 6.07) is 6.70. The lowest BCUT2D eigenvalue weighted by atomic mass is 9.80. The number of aromatic nitrogens is 1. The van der Waals surface area contributed by atoms with E-state index in [0.29, 0.717) is 15.8 Å². The van der Waals surface area contributed by atoms with Gasteiger partial charge in [0.2, 0.25) is 10.0 Å². The molecule has 0 fully saturated rings. The molecule has 2 heterocycles. The number of halogens is 3. The number of thiophene rings is 1. The molecule has 1 aromatic carbocycles. The first-order valence-corrected chi connectivity index (χ1v) is 10.8. The summed E-state index contributed by atoms with van der Waals surface area (Å²) in [5.41, 5.74) is -0.0986. The SMILES string of the molecule is Cc1sc2nc(C(F)(F)F)cc(C)c2c1NS(=O)(=O)Cc1cccc(B(O)O)c1. The van der Waals surface area contributed by atoms with Gasteiger partial charge < -0.3 is 10.0 Å². The Hall–Kier alpha value is -2.15. The molecule has 2 aromatic heterocycles. The topological polar surface area (TPSA) is 99.5 Å². The average Bonchev–Trinajstić information content (AvgIpc) is 2.89. The van der Waals surface area contributed by atoms with Crippen LogP contribution in [0.2, 0.25) is 0 Å². The molecule has 3 aromatic rings. The minimum Gasteiger partial charge on any atom is -0.423 e. The van der Waals surface area contributed by atoms with Gasteiger partial charge in [0.1, 0.15) is 10.5 Å². The Balaban J connectivity index is 1.97. The number of nitrogens with one attached hydrogen (secondary N) is 1. The summed E-state index contributed by atoms with van der Waals surface area (Å²) in [5, 5.41) is 18.8. The van der Waals surface area contributed by atoms with E-state index in [-0.39, 0.29) is 21.5 Å². The number of hydrogen-bond acceptors (Lipinski definition) is 6. The van der Waals surface area contributed by atoms with E-state index < -0.39 is 34.8 Å². The van der Waals surface area contributed by atoms with Crippen molar-refractivity contribution >= 4 is 49.8 Å². The molecular formula is C17H16BF3N2O4S2. The van der Waals surface area contributed by atoms with Crippen molar-refractivity contribution in [1.82, 2.24) is 4.98 Å². The molecule has 0 atom stereocenters.